The van der Waals surface area contributed by atoms with E-state index >= 15 is 4.39 Å². The van der Waals surface area contributed by atoms with Crippen LogP contribution in [0.3, 0.4) is 0 Å². The van der Waals surface area contributed by atoms with Gasteiger partial charge in [0.2, 0.25) is 0 Å². The van der Waals surface area contributed by atoms with E-state index in [1.165, 1.54) is 12.3 Å². The molecule has 1 aromatic carbocycles. The number of nitrogens with zero attached hydrogens (tertiary/aromatic N) is 3. The summed E-state index contributed by atoms with van der Waals surface area (Å²) in [5, 5.41) is 4.47. The van der Waals surface area contributed by atoms with Crippen LogP contribution in [0.4, 0.5) is 19.0 Å². The van der Waals surface area contributed by atoms with E-state index in [4.69, 9.17) is 5.73 Å². The van der Waals surface area contributed by atoms with Gasteiger partial charge in [0, 0.05) is 30.1 Å². The standard InChI is InChI=1S/C22H20F3N5O2S/c1-2-30-12-16(13-8-9-27-20(26)10-13)22(28-30)15-4-3-5-18(21(15)25)29-33(31,32)19-11-14(23)6-7-17(19)24/h5-12,29H,2-4H2,1H3,(H2,26,27). The number of sulfonamides is 1. The number of hydrogen-bond acceptors (Lipinski definition) is 5. The molecule has 0 amide bonds. The van der Waals surface area contributed by atoms with Gasteiger partial charge in [0.05, 0.1) is 11.4 Å². The maximum Gasteiger partial charge on any atom is 0.265 e. The van der Waals surface area contributed by atoms with Crippen LogP contribution in [0.5, 0.6) is 0 Å². The Morgan fingerprint density at radius 1 is 1.18 bits per heavy atom. The Hall–Kier alpha value is -3.60. The maximum absolute atomic E-state index is 15.5. The first kappa shape index (κ1) is 22.6. The van der Waals surface area contributed by atoms with Crippen LogP contribution in [-0.4, -0.2) is 23.2 Å². The largest absolute Gasteiger partial charge is 0.384 e. The van der Waals surface area contributed by atoms with Crippen molar-refractivity contribution in [2.75, 3.05) is 5.73 Å². The maximum atomic E-state index is 15.5. The minimum atomic E-state index is -4.58. The summed E-state index contributed by atoms with van der Waals surface area (Å²) < 4.78 is 72.1. The molecule has 172 valence electrons. The van der Waals surface area contributed by atoms with Crippen LogP contribution >= 0.6 is 0 Å². The number of anilines is 1. The molecule has 7 nitrogen and oxygen atoms in total. The Labute approximate surface area is 188 Å². The van der Waals surface area contributed by atoms with Crippen LogP contribution in [0.2, 0.25) is 0 Å². The third-order valence-electron chi connectivity index (χ3n) is 5.13. The molecule has 0 spiro atoms. The summed E-state index contributed by atoms with van der Waals surface area (Å²) >= 11 is 0. The lowest BCUT2D eigenvalue weighted by Crippen LogP contribution is -2.26. The number of halogens is 3. The van der Waals surface area contributed by atoms with Gasteiger partial charge in [-0.3, -0.25) is 9.40 Å². The zero-order chi connectivity index (χ0) is 23.8. The van der Waals surface area contributed by atoms with Crippen LogP contribution in [0.25, 0.3) is 16.7 Å². The van der Waals surface area contributed by atoms with Crippen LogP contribution in [0.15, 0.2) is 65.2 Å². The first-order valence-electron chi connectivity index (χ1n) is 10.1. The number of nitrogens with two attached hydrogens (primary N) is 1. The molecule has 11 heteroatoms. The van der Waals surface area contributed by atoms with Gasteiger partial charge < -0.3 is 5.73 Å². The number of benzene rings is 1. The minimum Gasteiger partial charge on any atom is -0.384 e. The number of rotatable bonds is 6. The summed E-state index contributed by atoms with van der Waals surface area (Å²) in [5.74, 6) is -2.64. The third kappa shape index (κ3) is 4.49. The molecule has 2 heterocycles. The van der Waals surface area contributed by atoms with Crippen LogP contribution in [-0.2, 0) is 16.6 Å². The van der Waals surface area contributed by atoms with Gasteiger partial charge in [0.1, 0.15) is 22.3 Å². The van der Waals surface area contributed by atoms with Gasteiger partial charge >= 0.3 is 0 Å². The van der Waals surface area contributed by atoms with E-state index in [0.717, 1.165) is 6.07 Å². The third-order valence-corrected chi connectivity index (χ3v) is 6.52. The van der Waals surface area contributed by atoms with Gasteiger partial charge in [-0.05, 0) is 55.7 Å². The van der Waals surface area contributed by atoms with Crippen molar-refractivity contribution in [3.8, 4) is 11.1 Å². The smallest absolute Gasteiger partial charge is 0.265 e. The number of nitrogens with one attached hydrogen (secondary N) is 1. The predicted molar refractivity (Wildman–Crippen MR) is 118 cm³/mol. The second-order valence-corrected chi connectivity index (χ2v) is 9.00. The van der Waals surface area contributed by atoms with Gasteiger partial charge in [-0.2, -0.15) is 5.10 Å². The molecule has 0 atom stereocenters. The van der Waals surface area contributed by atoms with Gasteiger partial charge in [0.15, 0.2) is 5.83 Å². The molecule has 0 saturated heterocycles. The fourth-order valence-corrected chi connectivity index (χ4v) is 4.71. The number of nitrogen functional groups attached to an aromatic ring is 1. The lowest BCUT2D eigenvalue weighted by Gasteiger charge is -2.18. The number of allylic oxidation sites excluding steroid dienone is 3. The highest BCUT2D eigenvalue weighted by atomic mass is 32.2. The van der Waals surface area contributed by atoms with Crippen LogP contribution in [0.1, 0.15) is 25.5 Å². The fraction of sp³-hybridized carbons (Fsp3) is 0.182. The van der Waals surface area contributed by atoms with Crippen molar-refractivity contribution in [2.24, 2.45) is 0 Å². The summed E-state index contributed by atoms with van der Waals surface area (Å²) in [7, 11) is -4.58. The van der Waals surface area contributed by atoms with Gasteiger partial charge in [-0.1, -0.05) is 6.08 Å². The zero-order valence-electron chi connectivity index (χ0n) is 17.5. The Balaban J connectivity index is 1.76. The van der Waals surface area contributed by atoms with Crippen LogP contribution in [0, 0.1) is 11.6 Å². The molecule has 0 unspecified atom stereocenters. The molecule has 4 rings (SSSR count). The molecule has 2 aromatic heterocycles. The van der Waals surface area contributed by atoms with E-state index in [9.17, 15) is 17.2 Å². The van der Waals surface area contributed by atoms with Gasteiger partial charge in [-0.25, -0.2) is 26.6 Å². The Bertz CT molecular complexity index is 1400. The molecule has 3 aromatic rings. The SMILES string of the molecule is CCn1cc(-c2ccnc(N)c2)c(C2=C(F)C(NS(=O)(=O)c3cc(F)ccc3F)=CCC2)n1. The highest BCUT2D eigenvalue weighted by molar-refractivity contribution is 7.89. The van der Waals surface area contributed by atoms with Gasteiger partial charge in [-0.15, -0.1) is 0 Å². The molecule has 0 fully saturated rings. The van der Waals surface area contributed by atoms with E-state index in [0.29, 0.717) is 41.9 Å². The highest BCUT2D eigenvalue weighted by Gasteiger charge is 2.28. The second-order valence-electron chi connectivity index (χ2n) is 7.35. The Kier molecular flexibility index (Phi) is 5.98. The van der Waals surface area contributed by atoms with Crippen molar-refractivity contribution in [3.05, 3.63) is 77.7 Å². The molecule has 0 bridgehead atoms. The summed E-state index contributed by atoms with van der Waals surface area (Å²) in [6.07, 6.45) is 5.20. The van der Waals surface area contributed by atoms with E-state index in [-0.39, 0.29) is 23.5 Å². The van der Waals surface area contributed by atoms with E-state index in [1.807, 2.05) is 11.6 Å². The lowest BCUT2D eigenvalue weighted by molar-refractivity contribution is 0.546. The Morgan fingerprint density at radius 3 is 2.70 bits per heavy atom. The second kappa shape index (κ2) is 8.74. The number of pyridine rings is 1. The molecule has 1 aliphatic rings. The molecule has 33 heavy (non-hydrogen) atoms. The number of hydrogen-bond donors (Lipinski definition) is 2. The molecular formula is C22H20F3N5O2S. The average molecular weight is 475 g/mol. The first-order chi connectivity index (χ1) is 15.7. The minimum absolute atomic E-state index is 0.187. The quantitative estimate of drug-likeness (QED) is 0.557. The average Bonchev–Trinajstić information content (AvgIpc) is 3.21. The van der Waals surface area contributed by atoms with E-state index in [2.05, 4.69) is 10.1 Å². The molecule has 0 aliphatic heterocycles. The molecule has 0 radical (unpaired) electrons. The topological polar surface area (TPSA) is 103 Å². The van der Waals surface area contributed by atoms with Crippen molar-refractivity contribution in [1.29, 1.82) is 0 Å². The van der Waals surface area contributed by atoms with E-state index < -0.39 is 32.4 Å². The van der Waals surface area contributed by atoms with Crippen molar-refractivity contribution < 1.29 is 21.6 Å². The number of aromatic nitrogens is 3. The van der Waals surface area contributed by atoms with Crippen molar-refractivity contribution in [3.63, 3.8) is 0 Å². The van der Waals surface area contributed by atoms with Crippen molar-refractivity contribution in [2.45, 2.75) is 31.2 Å². The lowest BCUT2D eigenvalue weighted by atomic mass is 9.95. The molecule has 3 N–H and O–H groups in total. The molecule has 1 aliphatic carbocycles. The van der Waals surface area contributed by atoms with Crippen LogP contribution < -0.4 is 10.5 Å². The van der Waals surface area contributed by atoms with Crippen molar-refractivity contribution >= 4 is 21.4 Å². The zero-order valence-corrected chi connectivity index (χ0v) is 18.3. The van der Waals surface area contributed by atoms with Gasteiger partial charge in [0.25, 0.3) is 10.0 Å². The first-order valence-corrected chi connectivity index (χ1v) is 11.5. The molecule has 0 saturated carbocycles. The van der Waals surface area contributed by atoms with Crippen molar-refractivity contribution in [1.82, 2.24) is 19.5 Å². The monoisotopic (exact) mass is 475 g/mol. The number of aryl methyl sites for hydroxylation is 1. The summed E-state index contributed by atoms with van der Waals surface area (Å²) in [6.45, 7) is 2.40. The Morgan fingerprint density at radius 2 is 1.97 bits per heavy atom. The summed E-state index contributed by atoms with van der Waals surface area (Å²) in [5.41, 5.74) is 7.24. The predicted octanol–water partition coefficient (Wildman–Crippen LogP) is 4.16. The normalized spacial score (nSPS) is 14.4. The van der Waals surface area contributed by atoms with E-state index in [1.54, 1.807) is 23.0 Å². The molecular weight excluding hydrogens is 455 g/mol. The summed E-state index contributed by atoms with van der Waals surface area (Å²) in [4.78, 5) is 3.05. The highest BCUT2D eigenvalue weighted by Crippen LogP contribution is 2.37. The summed E-state index contributed by atoms with van der Waals surface area (Å²) in [6, 6.07) is 5.38. The fourth-order valence-electron chi connectivity index (χ4n) is 3.55.